The van der Waals surface area contributed by atoms with Crippen molar-refractivity contribution in [1.29, 1.82) is 0 Å². The third-order valence-corrected chi connectivity index (χ3v) is 4.66. The molecule has 2 heterocycles. The molecule has 21 heavy (non-hydrogen) atoms. The van der Waals surface area contributed by atoms with E-state index in [4.69, 9.17) is 4.42 Å². The summed E-state index contributed by atoms with van der Waals surface area (Å²) < 4.78 is 5.65. The fraction of sp³-hybridized carbons (Fsp3) is 0.294. The van der Waals surface area contributed by atoms with Crippen molar-refractivity contribution in [3.8, 4) is 0 Å². The van der Waals surface area contributed by atoms with Crippen LogP contribution in [-0.2, 0) is 17.6 Å². The summed E-state index contributed by atoms with van der Waals surface area (Å²) >= 11 is 1.58. The first-order chi connectivity index (χ1) is 10.0. The van der Waals surface area contributed by atoms with E-state index in [1.165, 1.54) is 5.56 Å². The van der Waals surface area contributed by atoms with Crippen LogP contribution in [0.2, 0.25) is 0 Å². The largest absolute Gasteiger partial charge is 0.464 e. The van der Waals surface area contributed by atoms with Crippen molar-refractivity contribution >= 4 is 28.1 Å². The topological polar surface area (TPSA) is 43.1 Å². The lowest BCUT2D eigenvalue weighted by atomic mass is 10.0. The molecule has 2 aromatic heterocycles. The molecule has 0 fully saturated rings. The smallest absolute Gasteiger partial charge is 0.144 e. The van der Waals surface area contributed by atoms with Gasteiger partial charge in [0.1, 0.15) is 16.4 Å². The highest BCUT2D eigenvalue weighted by Gasteiger charge is 2.14. The second-order valence-corrected chi connectivity index (χ2v) is 6.72. The molecule has 4 heteroatoms. The van der Waals surface area contributed by atoms with Gasteiger partial charge in [0, 0.05) is 28.4 Å². The number of ketones is 1. The van der Waals surface area contributed by atoms with Gasteiger partial charge in [-0.25, -0.2) is 4.98 Å². The fourth-order valence-corrected chi connectivity index (χ4v) is 3.27. The van der Waals surface area contributed by atoms with Crippen molar-refractivity contribution in [2.24, 2.45) is 0 Å². The molecule has 0 N–H and O–H groups in total. The van der Waals surface area contributed by atoms with Gasteiger partial charge in [0.15, 0.2) is 0 Å². The van der Waals surface area contributed by atoms with Crippen LogP contribution < -0.4 is 0 Å². The van der Waals surface area contributed by atoms with E-state index >= 15 is 0 Å². The van der Waals surface area contributed by atoms with Crippen LogP contribution in [0.5, 0.6) is 0 Å². The molecule has 0 aliphatic carbocycles. The van der Waals surface area contributed by atoms with Gasteiger partial charge in [0.2, 0.25) is 0 Å². The summed E-state index contributed by atoms with van der Waals surface area (Å²) in [6, 6.07) is 4.11. The van der Waals surface area contributed by atoms with Gasteiger partial charge in [0.05, 0.1) is 12.7 Å². The van der Waals surface area contributed by atoms with Gasteiger partial charge in [0.25, 0.3) is 0 Å². The van der Waals surface area contributed by atoms with Crippen molar-refractivity contribution in [2.75, 3.05) is 0 Å². The molecule has 0 aliphatic rings. The molecule has 1 aromatic carbocycles. The Bertz CT molecular complexity index is 813. The number of nitrogens with zero attached hydrogens (tertiary/aromatic N) is 1. The molecule has 0 amide bonds. The zero-order valence-electron chi connectivity index (χ0n) is 12.4. The van der Waals surface area contributed by atoms with Crippen LogP contribution in [0, 0.1) is 20.8 Å². The summed E-state index contributed by atoms with van der Waals surface area (Å²) in [4.78, 5) is 17.6. The lowest BCUT2D eigenvalue weighted by molar-refractivity contribution is -0.117. The predicted octanol–water partition coefficient (Wildman–Crippen LogP) is 4.17. The highest BCUT2D eigenvalue weighted by Crippen LogP contribution is 2.27. The first kappa shape index (κ1) is 14.0. The van der Waals surface area contributed by atoms with E-state index in [0.717, 1.165) is 32.0 Å². The Balaban J connectivity index is 1.82. The normalized spacial score (nSPS) is 11.2. The minimum absolute atomic E-state index is 0.172. The van der Waals surface area contributed by atoms with Crippen LogP contribution in [0.25, 0.3) is 11.0 Å². The van der Waals surface area contributed by atoms with E-state index in [1.54, 1.807) is 17.6 Å². The number of thiazole rings is 1. The van der Waals surface area contributed by atoms with Crippen molar-refractivity contribution in [1.82, 2.24) is 4.98 Å². The summed E-state index contributed by atoms with van der Waals surface area (Å²) in [6.07, 6.45) is 4.32. The number of hydrogen-bond donors (Lipinski definition) is 0. The van der Waals surface area contributed by atoms with E-state index in [-0.39, 0.29) is 5.78 Å². The van der Waals surface area contributed by atoms with E-state index < -0.39 is 0 Å². The number of rotatable bonds is 4. The number of hydrogen-bond acceptors (Lipinski definition) is 4. The van der Waals surface area contributed by atoms with E-state index in [1.807, 2.05) is 26.1 Å². The Morgan fingerprint density at radius 1 is 1.24 bits per heavy atom. The number of carbonyl (C=O) groups is 1. The van der Waals surface area contributed by atoms with Gasteiger partial charge in [-0.3, -0.25) is 4.79 Å². The maximum atomic E-state index is 12.2. The first-order valence-electron chi connectivity index (χ1n) is 6.94. The van der Waals surface area contributed by atoms with E-state index in [2.05, 4.69) is 18.0 Å². The number of aryl methyl sites for hydroxylation is 3. The molecular formula is C17H17NO2S. The fourth-order valence-electron chi connectivity index (χ4n) is 2.45. The summed E-state index contributed by atoms with van der Waals surface area (Å²) in [5.41, 5.74) is 4.20. The molecule has 0 saturated carbocycles. The van der Waals surface area contributed by atoms with Crippen molar-refractivity contribution in [2.45, 2.75) is 33.6 Å². The molecule has 3 aromatic rings. The second-order valence-electron chi connectivity index (χ2n) is 5.40. The molecule has 0 spiro atoms. The second kappa shape index (κ2) is 5.45. The number of furan rings is 1. The molecule has 0 radical (unpaired) electrons. The monoisotopic (exact) mass is 299 g/mol. The van der Waals surface area contributed by atoms with Gasteiger partial charge in [-0.05, 0) is 31.9 Å². The third-order valence-electron chi connectivity index (χ3n) is 3.75. The van der Waals surface area contributed by atoms with Crippen LogP contribution in [0.3, 0.4) is 0 Å². The number of fused-ring (bicyclic) bond motifs is 1. The van der Waals surface area contributed by atoms with Crippen LogP contribution in [0.15, 0.2) is 29.0 Å². The van der Waals surface area contributed by atoms with Gasteiger partial charge in [-0.15, -0.1) is 11.3 Å². The first-order valence-corrected chi connectivity index (χ1v) is 7.75. The molecule has 3 rings (SSSR count). The number of aromatic nitrogens is 1. The zero-order valence-corrected chi connectivity index (χ0v) is 13.2. The number of carbonyl (C=O) groups excluding carboxylic acids is 1. The Kier molecular flexibility index (Phi) is 3.64. The highest BCUT2D eigenvalue weighted by atomic mass is 32.1. The van der Waals surface area contributed by atoms with Gasteiger partial charge in [-0.2, -0.15) is 0 Å². The van der Waals surface area contributed by atoms with Crippen LogP contribution in [0.4, 0.5) is 0 Å². The third kappa shape index (κ3) is 2.76. The molecule has 3 nitrogen and oxygen atoms in total. The number of Topliss-reactive ketones (excluding diaryl/α,β-unsaturated/α-hetero) is 1. The number of benzene rings is 1. The minimum atomic E-state index is 0.172. The Morgan fingerprint density at radius 3 is 2.76 bits per heavy atom. The lowest BCUT2D eigenvalue weighted by Gasteiger charge is -2.01. The quantitative estimate of drug-likeness (QED) is 0.726. The van der Waals surface area contributed by atoms with Crippen molar-refractivity contribution in [3.05, 3.63) is 51.2 Å². The molecule has 108 valence electrons. The summed E-state index contributed by atoms with van der Waals surface area (Å²) in [5.74, 6) is 0.172. The summed E-state index contributed by atoms with van der Waals surface area (Å²) in [5, 5.41) is 1.93. The van der Waals surface area contributed by atoms with Gasteiger partial charge < -0.3 is 4.42 Å². The van der Waals surface area contributed by atoms with Gasteiger partial charge in [-0.1, -0.05) is 12.1 Å². The van der Waals surface area contributed by atoms with Crippen molar-refractivity contribution in [3.63, 3.8) is 0 Å². The Hall–Kier alpha value is -1.94. The van der Waals surface area contributed by atoms with Crippen LogP contribution in [0.1, 0.15) is 26.6 Å². The Morgan fingerprint density at radius 2 is 2.05 bits per heavy atom. The maximum absolute atomic E-state index is 12.2. The van der Waals surface area contributed by atoms with E-state index in [9.17, 15) is 4.79 Å². The molecule has 0 aliphatic heterocycles. The molecule has 0 bridgehead atoms. The van der Waals surface area contributed by atoms with Crippen LogP contribution >= 0.6 is 11.3 Å². The minimum Gasteiger partial charge on any atom is -0.464 e. The van der Waals surface area contributed by atoms with Gasteiger partial charge >= 0.3 is 0 Å². The Labute approximate surface area is 127 Å². The average molecular weight is 299 g/mol. The molecule has 0 atom stereocenters. The van der Waals surface area contributed by atoms with Crippen molar-refractivity contribution < 1.29 is 9.21 Å². The van der Waals surface area contributed by atoms with Crippen LogP contribution in [-0.4, -0.2) is 10.8 Å². The standard InChI is InChI=1S/C17H17NO2S/c1-10-4-5-15-13(9-20-17(15)12(10)3)6-14(19)7-16-18-8-11(2)21-16/h4-5,8-9H,6-7H2,1-3H3. The average Bonchev–Trinajstić information content (AvgIpc) is 3.01. The van der Waals surface area contributed by atoms with E-state index in [0.29, 0.717) is 12.8 Å². The summed E-state index contributed by atoms with van der Waals surface area (Å²) in [6.45, 7) is 6.11. The SMILES string of the molecule is Cc1cnc(CC(=O)Cc2coc3c(C)c(C)ccc23)s1. The zero-order chi connectivity index (χ0) is 15.0. The highest BCUT2D eigenvalue weighted by molar-refractivity contribution is 7.11. The molecule has 0 saturated heterocycles. The lowest BCUT2D eigenvalue weighted by Crippen LogP contribution is -2.05. The molecule has 0 unspecified atom stereocenters. The molecular weight excluding hydrogens is 282 g/mol. The predicted molar refractivity (Wildman–Crippen MR) is 85.0 cm³/mol. The maximum Gasteiger partial charge on any atom is 0.144 e. The summed E-state index contributed by atoms with van der Waals surface area (Å²) in [7, 11) is 0.